The minimum absolute atomic E-state index is 0.453. The van der Waals surface area contributed by atoms with Crippen molar-refractivity contribution < 1.29 is 9.84 Å². The van der Waals surface area contributed by atoms with Crippen LogP contribution in [0.1, 0.15) is 75.5 Å². The first-order chi connectivity index (χ1) is 10.2. The fourth-order valence-corrected chi connectivity index (χ4v) is 3.25. The number of aliphatic hydroxyl groups is 1. The van der Waals surface area contributed by atoms with Crippen LogP contribution in [0.25, 0.3) is 0 Å². The van der Waals surface area contributed by atoms with Crippen LogP contribution in [0.3, 0.4) is 0 Å². The van der Waals surface area contributed by atoms with Crippen molar-refractivity contribution in [3.05, 3.63) is 28.3 Å². The maximum atomic E-state index is 10.4. The molecule has 0 spiro atoms. The van der Waals surface area contributed by atoms with Crippen LogP contribution < -0.4 is 4.74 Å². The van der Waals surface area contributed by atoms with Gasteiger partial charge in [0, 0.05) is 17.0 Å². The second-order valence-corrected chi connectivity index (χ2v) is 6.44. The Morgan fingerprint density at radius 1 is 1.14 bits per heavy atom. The summed E-state index contributed by atoms with van der Waals surface area (Å²) in [5, 5.41) is 11.1. The molecule has 1 N–H and O–H groups in total. The average Bonchev–Trinajstić information content (AvgIpc) is 2.93. The van der Waals surface area contributed by atoms with E-state index in [1.807, 2.05) is 12.1 Å². The van der Waals surface area contributed by atoms with Crippen LogP contribution in [-0.2, 0) is 6.42 Å². The number of fused-ring (bicyclic) bond motifs is 1. The number of hydrogen-bond acceptors (Lipinski definition) is 2. The smallest absolute Gasteiger partial charge is 0.128 e. The molecule has 1 aliphatic heterocycles. The lowest BCUT2D eigenvalue weighted by atomic mass is 9.99. The van der Waals surface area contributed by atoms with Crippen molar-refractivity contribution in [3.63, 3.8) is 0 Å². The molecule has 0 aliphatic carbocycles. The number of ether oxygens (including phenoxy) is 1. The summed E-state index contributed by atoms with van der Waals surface area (Å²) in [6.07, 6.45) is 10.1. The topological polar surface area (TPSA) is 29.5 Å². The lowest BCUT2D eigenvalue weighted by molar-refractivity contribution is 0.159. The first kappa shape index (κ1) is 16.6. The summed E-state index contributed by atoms with van der Waals surface area (Å²) in [6, 6.07) is 3.81. The minimum Gasteiger partial charge on any atom is -0.493 e. The van der Waals surface area contributed by atoms with Crippen LogP contribution in [0.4, 0.5) is 0 Å². The normalized spacial score (nSPS) is 14.8. The van der Waals surface area contributed by atoms with E-state index in [-0.39, 0.29) is 0 Å². The van der Waals surface area contributed by atoms with Gasteiger partial charge in [-0.15, -0.1) is 0 Å². The van der Waals surface area contributed by atoms with Crippen molar-refractivity contribution in [1.82, 2.24) is 0 Å². The predicted octanol–water partition coefficient (Wildman–Crippen LogP) is 5.45. The Morgan fingerprint density at radius 3 is 2.62 bits per heavy atom. The third-order valence-electron chi connectivity index (χ3n) is 4.22. The lowest BCUT2D eigenvalue weighted by Gasteiger charge is -2.15. The number of halogens is 1. The fourth-order valence-electron chi connectivity index (χ4n) is 3.00. The van der Waals surface area contributed by atoms with Crippen molar-refractivity contribution in [2.24, 2.45) is 0 Å². The van der Waals surface area contributed by atoms with E-state index >= 15 is 0 Å². The quantitative estimate of drug-likeness (QED) is 0.615. The second-order valence-electron chi connectivity index (χ2n) is 6.01. The Morgan fingerprint density at radius 2 is 1.86 bits per heavy atom. The Hall–Kier alpha value is -0.730. The maximum absolute atomic E-state index is 10.4. The largest absolute Gasteiger partial charge is 0.493 e. The van der Waals surface area contributed by atoms with Gasteiger partial charge in [0.25, 0.3) is 0 Å². The molecular weight excluding hydrogens is 284 g/mol. The highest BCUT2D eigenvalue weighted by molar-refractivity contribution is 6.30. The number of rotatable bonds is 9. The van der Waals surface area contributed by atoms with Crippen LogP contribution in [0.5, 0.6) is 5.75 Å². The van der Waals surface area contributed by atoms with Gasteiger partial charge >= 0.3 is 0 Å². The van der Waals surface area contributed by atoms with E-state index in [1.54, 1.807) is 0 Å². The molecule has 0 fully saturated rings. The Bertz CT molecular complexity index is 445. The summed E-state index contributed by atoms with van der Waals surface area (Å²) in [6.45, 7) is 2.94. The van der Waals surface area contributed by atoms with E-state index in [0.29, 0.717) is 11.6 Å². The van der Waals surface area contributed by atoms with Gasteiger partial charge in [-0.3, -0.25) is 0 Å². The third-order valence-corrected chi connectivity index (χ3v) is 4.44. The molecule has 1 aromatic carbocycles. The zero-order valence-corrected chi connectivity index (χ0v) is 13.8. The van der Waals surface area contributed by atoms with Crippen molar-refractivity contribution >= 4 is 11.6 Å². The molecule has 118 valence electrons. The van der Waals surface area contributed by atoms with E-state index in [2.05, 4.69) is 6.92 Å². The molecule has 0 bridgehead atoms. The summed E-state index contributed by atoms with van der Waals surface area (Å²) in [7, 11) is 0. The first-order valence-electron chi connectivity index (χ1n) is 8.35. The Kier molecular flexibility index (Phi) is 6.85. The van der Waals surface area contributed by atoms with Gasteiger partial charge in [-0.2, -0.15) is 0 Å². The molecule has 1 aliphatic rings. The summed E-state index contributed by atoms with van der Waals surface area (Å²) in [4.78, 5) is 0. The van der Waals surface area contributed by atoms with E-state index in [9.17, 15) is 5.11 Å². The molecule has 2 rings (SSSR count). The van der Waals surface area contributed by atoms with E-state index in [4.69, 9.17) is 16.3 Å². The summed E-state index contributed by atoms with van der Waals surface area (Å²) in [5.41, 5.74) is 2.01. The van der Waals surface area contributed by atoms with Gasteiger partial charge in [0.1, 0.15) is 5.75 Å². The molecule has 0 aromatic heterocycles. The zero-order chi connectivity index (χ0) is 15.1. The number of benzene rings is 1. The Labute approximate surface area is 133 Å². The number of aliphatic hydroxyl groups excluding tert-OH is 1. The van der Waals surface area contributed by atoms with E-state index < -0.39 is 6.10 Å². The summed E-state index contributed by atoms with van der Waals surface area (Å²) < 4.78 is 5.66. The van der Waals surface area contributed by atoms with Gasteiger partial charge < -0.3 is 9.84 Å². The number of hydrogen-bond donors (Lipinski definition) is 1. The highest BCUT2D eigenvalue weighted by atomic mass is 35.5. The molecule has 21 heavy (non-hydrogen) atoms. The van der Waals surface area contributed by atoms with Crippen LogP contribution in [0.2, 0.25) is 5.02 Å². The van der Waals surface area contributed by atoms with Gasteiger partial charge in [0.05, 0.1) is 12.7 Å². The van der Waals surface area contributed by atoms with Crippen molar-refractivity contribution in [3.8, 4) is 5.75 Å². The van der Waals surface area contributed by atoms with Gasteiger partial charge in [-0.1, -0.05) is 63.5 Å². The zero-order valence-electron chi connectivity index (χ0n) is 13.0. The van der Waals surface area contributed by atoms with Crippen LogP contribution in [0.15, 0.2) is 12.1 Å². The molecule has 0 saturated carbocycles. The van der Waals surface area contributed by atoms with Crippen LogP contribution >= 0.6 is 11.6 Å². The van der Waals surface area contributed by atoms with Gasteiger partial charge in [0.15, 0.2) is 0 Å². The SMILES string of the molecule is CCCCCCCCCC(O)c1cc(Cl)cc2c1OCC2. The molecule has 1 heterocycles. The van der Waals surface area contributed by atoms with Crippen LogP contribution in [-0.4, -0.2) is 11.7 Å². The molecule has 2 nitrogen and oxygen atoms in total. The molecule has 1 aromatic rings. The highest BCUT2D eigenvalue weighted by Crippen LogP contribution is 2.37. The third kappa shape index (κ3) is 4.89. The predicted molar refractivity (Wildman–Crippen MR) is 88.2 cm³/mol. The van der Waals surface area contributed by atoms with Crippen molar-refractivity contribution in [2.45, 2.75) is 70.8 Å². The summed E-state index contributed by atoms with van der Waals surface area (Å²) in [5.74, 6) is 0.870. The van der Waals surface area contributed by atoms with Crippen molar-refractivity contribution in [2.75, 3.05) is 6.61 Å². The fraction of sp³-hybridized carbons (Fsp3) is 0.667. The van der Waals surface area contributed by atoms with Crippen LogP contribution in [0, 0.1) is 0 Å². The van der Waals surface area contributed by atoms with Gasteiger partial charge in [-0.25, -0.2) is 0 Å². The van der Waals surface area contributed by atoms with Gasteiger partial charge in [0.2, 0.25) is 0 Å². The lowest BCUT2D eigenvalue weighted by Crippen LogP contribution is -2.01. The molecule has 1 unspecified atom stereocenters. The number of unbranched alkanes of at least 4 members (excludes halogenated alkanes) is 6. The molecule has 3 heteroatoms. The average molecular weight is 311 g/mol. The molecule has 0 amide bonds. The molecule has 1 atom stereocenters. The minimum atomic E-state index is -0.453. The van der Waals surface area contributed by atoms with E-state index in [1.165, 1.54) is 38.5 Å². The highest BCUT2D eigenvalue weighted by Gasteiger charge is 2.21. The van der Waals surface area contributed by atoms with Gasteiger partial charge in [-0.05, 0) is 24.1 Å². The second kappa shape index (κ2) is 8.65. The molecular formula is C18H27ClO2. The van der Waals surface area contributed by atoms with Crippen molar-refractivity contribution in [1.29, 1.82) is 0 Å². The molecule has 0 radical (unpaired) electrons. The summed E-state index contributed by atoms with van der Waals surface area (Å²) >= 11 is 6.14. The maximum Gasteiger partial charge on any atom is 0.128 e. The monoisotopic (exact) mass is 310 g/mol. The first-order valence-corrected chi connectivity index (χ1v) is 8.73. The Balaban J connectivity index is 1.77. The molecule has 0 saturated heterocycles. The van der Waals surface area contributed by atoms with E-state index in [0.717, 1.165) is 36.1 Å². The standard InChI is InChI=1S/C18H27ClO2/c1-2-3-4-5-6-7-8-9-17(20)16-13-15(19)12-14-10-11-21-18(14)16/h12-13,17,20H,2-11H2,1H3.